The van der Waals surface area contributed by atoms with Crippen molar-refractivity contribution in [3.63, 3.8) is 0 Å². The summed E-state index contributed by atoms with van der Waals surface area (Å²) in [6, 6.07) is 18.6. The van der Waals surface area contributed by atoms with Gasteiger partial charge in [-0.05, 0) is 53.9 Å². The van der Waals surface area contributed by atoms with Crippen molar-refractivity contribution in [2.45, 2.75) is 13.0 Å². The lowest BCUT2D eigenvalue weighted by atomic mass is 10.1. The van der Waals surface area contributed by atoms with E-state index in [4.69, 9.17) is 4.89 Å². The minimum Gasteiger partial charge on any atom is -0.505 e. The number of aromatic hydroxyl groups is 1. The van der Waals surface area contributed by atoms with Crippen LogP contribution in [0.1, 0.15) is 16.7 Å². The van der Waals surface area contributed by atoms with Crippen LogP contribution in [0.15, 0.2) is 65.7 Å². The van der Waals surface area contributed by atoms with Gasteiger partial charge in [-0.3, -0.25) is 4.99 Å². The zero-order chi connectivity index (χ0) is 21.6. The van der Waals surface area contributed by atoms with E-state index in [9.17, 15) is 10.2 Å². The van der Waals surface area contributed by atoms with Gasteiger partial charge in [0.05, 0.1) is 12.8 Å². The number of hydrogen-bond donors (Lipinski definition) is 2. The zero-order valence-corrected chi connectivity index (χ0v) is 17.0. The minimum absolute atomic E-state index is 0.00427. The number of aliphatic hydroxyl groups excluding tert-OH is 1. The van der Waals surface area contributed by atoms with Crippen LogP contribution < -0.4 is 0 Å². The third kappa shape index (κ3) is 4.77. The maximum Gasteiger partial charge on any atom is 0.151 e. The van der Waals surface area contributed by atoms with Crippen molar-refractivity contribution in [3.05, 3.63) is 77.4 Å². The highest BCUT2D eigenvalue weighted by Crippen LogP contribution is 2.28. The average molecular weight is 418 g/mol. The molecular weight excluding hydrogens is 396 g/mol. The van der Waals surface area contributed by atoms with Crippen molar-refractivity contribution in [3.8, 4) is 11.4 Å². The standard InChI is InChI=1S/C23H22N4O4/c1-30-31-15-17-7-8-20-21(12-17)26-27(25-20)22-13-16(9-10-28)11-18(23(22)29)14-24-19-5-3-2-4-6-19/h2-8,11-14,28-29H,9-10,15H2,1H3. The summed E-state index contributed by atoms with van der Waals surface area (Å²) < 4.78 is 0. The highest BCUT2D eigenvalue weighted by Gasteiger charge is 2.14. The topological polar surface area (TPSA) is 102 Å². The highest BCUT2D eigenvalue weighted by atomic mass is 17.2. The summed E-state index contributed by atoms with van der Waals surface area (Å²) in [6.45, 7) is 0.271. The Morgan fingerprint density at radius 1 is 1.00 bits per heavy atom. The van der Waals surface area contributed by atoms with Crippen LogP contribution in [-0.4, -0.2) is 45.1 Å². The Balaban J connectivity index is 1.74. The molecule has 0 fully saturated rings. The summed E-state index contributed by atoms with van der Waals surface area (Å²) in [5, 5.41) is 29.3. The average Bonchev–Trinajstić information content (AvgIpc) is 3.22. The Morgan fingerprint density at radius 3 is 2.58 bits per heavy atom. The second-order valence-corrected chi connectivity index (χ2v) is 6.86. The molecule has 1 aromatic heterocycles. The molecular formula is C23H22N4O4. The number of phenols is 1. The summed E-state index contributed by atoms with van der Waals surface area (Å²) in [4.78, 5) is 15.4. The van der Waals surface area contributed by atoms with E-state index < -0.39 is 0 Å². The largest absolute Gasteiger partial charge is 0.505 e. The van der Waals surface area contributed by atoms with Gasteiger partial charge in [0, 0.05) is 18.4 Å². The van der Waals surface area contributed by atoms with Crippen LogP contribution in [0.5, 0.6) is 5.75 Å². The summed E-state index contributed by atoms with van der Waals surface area (Å²) in [6.07, 6.45) is 2.02. The lowest BCUT2D eigenvalue weighted by Crippen LogP contribution is -2.03. The highest BCUT2D eigenvalue weighted by molar-refractivity contribution is 5.87. The van der Waals surface area contributed by atoms with Gasteiger partial charge in [0.15, 0.2) is 5.75 Å². The first kappa shape index (κ1) is 20.7. The van der Waals surface area contributed by atoms with Crippen molar-refractivity contribution >= 4 is 22.9 Å². The first-order chi connectivity index (χ1) is 15.2. The molecule has 8 nitrogen and oxygen atoms in total. The van der Waals surface area contributed by atoms with Gasteiger partial charge < -0.3 is 10.2 Å². The molecule has 4 rings (SSSR count). The van der Waals surface area contributed by atoms with Gasteiger partial charge in [0.25, 0.3) is 0 Å². The Labute approximate surface area is 178 Å². The summed E-state index contributed by atoms with van der Waals surface area (Å²) in [5.41, 5.74) is 4.74. The molecule has 1 heterocycles. The fourth-order valence-corrected chi connectivity index (χ4v) is 3.17. The second-order valence-electron chi connectivity index (χ2n) is 6.86. The first-order valence-corrected chi connectivity index (χ1v) is 9.76. The van der Waals surface area contributed by atoms with Crippen molar-refractivity contribution in [2.24, 2.45) is 4.99 Å². The van der Waals surface area contributed by atoms with E-state index in [1.807, 2.05) is 48.5 Å². The molecule has 0 aliphatic heterocycles. The molecule has 0 bridgehead atoms. The van der Waals surface area contributed by atoms with Gasteiger partial charge in [-0.25, -0.2) is 9.78 Å². The Bertz CT molecular complexity index is 1210. The van der Waals surface area contributed by atoms with Crippen molar-refractivity contribution in [2.75, 3.05) is 13.7 Å². The molecule has 31 heavy (non-hydrogen) atoms. The lowest BCUT2D eigenvalue weighted by Gasteiger charge is -2.09. The van der Waals surface area contributed by atoms with Crippen LogP contribution >= 0.6 is 0 Å². The molecule has 158 valence electrons. The molecule has 0 amide bonds. The Morgan fingerprint density at radius 2 is 1.81 bits per heavy atom. The van der Waals surface area contributed by atoms with Crippen LogP contribution in [0.2, 0.25) is 0 Å². The number of para-hydroxylation sites is 1. The molecule has 0 saturated carbocycles. The molecule has 0 aliphatic rings. The Hall–Kier alpha value is -3.59. The fraction of sp³-hybridized carbons (Fsp3) is 0.174. The predicted molar refractivity (Wildman–Crippen MR) is 117 cm³/mol. The molecule has 0 saturated heterocycles. The normalized spacial score (nSPS) is 11.5. The number of phenolic OH excluding ortho intramolecular Hbond substituents is 1. The summed E-state index contributed by atoms with van der Waals surface area (Å²) in [5.74, 6) is 0.00427. The number of benzene rings is 3. The van der Waals surface area contributed by atoms with E-state index in [1.165, 1.54) is 11.9 Å². The summed E-state index contributed by atoms with van der Waals surface area (Å²) >= 11 is 0. The molecule has 8 heteroatoms. The van der Waals surface area contributed by atoms with E-state index >= 15 is 0 Å². The number of rotatable bonds is 8. The van der Waals surface area contributed by atoms with Crippen LogP contribution in [0.4, 0.5) is 5.69 Å². The monoisotopic (exact) mass is 418 g/mol. The predicted octanol–water partition coefficient (Wildman–Crippen LogP) is 3.49. The van der Waals surface area contributed by atoms with Gasteiger partial charge >= 0.3 is 0 Å². The zero-order valence-electron chi connectivity index (χ0n) is 17.0. The van der Waals surface area contributed by atoms with Crippen molar-refractivity contribution in [1.29, 1.82) is 0 Å². The quantitative estimate of drug-likeness (QED) is 0.258. The molecule has 2 N–H and O–H groups in total. The Kier molecular flexibility index (Phi) is 6.32. The van der Waals surface area contributed by atoms with Gasteiger partial charge in [-0.15, -0.1) is 15.0 Å². The van der Waals surface area contributed by atoms with Crippen molar-refractivity contribution < 1.29 is 20.0 Å². The molecule has 0 spiro atoms. The maximum absolute atomic E-state index is 10.9. The number of aliphatic imine (C=N–C) groups is 1. The van der Waals surface area contributed by atoms with Crippen molar-refractivity contribution in [1.82, 2.24) is 15.0 Å². The number of nitrogens with zero attached hydrogens (tertiary/aromatic N) is 4. The van der Waals surface area contributed by atoms with Crippen LogP contribution in [-0.2, 0) is 22.8 Å². The number of fused-ring (bicyclic) bond motifs is 1. The van der Waals surface area contributed by atoms with E-state index in [0.717, 1.165) is 16.8 Å². The molecule has 0 atom stereocenters. The smallest absolute Gasteiger partial charge is 0.151 e. The molecule has 3 aromatic carbocycles. The molecule has 0 unspecified atom stereocenters. The van der Waals surface area contributed by atoms with Crippen LogP contribution in [0.3, 0.4) is 0 Å². The number of aliphatic hydroxyl groups is 1. The van der Waals surface area contributed by atoms with Gasteiger partial charge in [0.1, 0.15) is 23.3 Å². The minimum atomic E-state index is -0.0170. The first-order valence-electron chi connectivity index (χ1n) is 9.76. The van der Waals surface area contributed by atoms with E-state index in [2.05, 4.69) is 20.1 Å². The molecule has 0 radical (unpaired) electrons. The third-order valence-electron chi connectivity index (χ3n) is 4.69. The SMILES string of the molecule is COOCc1ccc2nn(-c3cc(CCO)cc(C=Nc4ccccc4)c3O)nc2c1. The lowest BCUT2D eigenvalue weighted by molar-refractivity contribution is -0.282. The maximum atomic E-state index is 10.9. The van der Waals surface area contributed by atoms with Gasteiger partial charge in [-0.2, -0.15) is 0 Å². The number of hydrogen-bond acceptors (Lipinski definition) is 7. The fourth-order valence-electron chi connectivity index (χ4n) is 3.17. The molecule has 4 aromatic rings. The molecule has 0 aliphatic carbocycles. The second kappa shape index (κ2) is 9.48. The van der Waals surface area contributed by atoms with E-state index in [0.29, 0.717) is 28.7 Å². The van der Waals surface area contributed by atoms with E-state index in [-0.39, 0.29) is 19.0 Å². The van der Waals surface area contributed by atoms with Crippen LogP contribution in [0, 0.1) is 0 Å². The number of aromatic nitrogens is 3. The van der Waals surface area contributed by atoms with E-state index in [1.54, 1.807) is 18.3 Å². The summed E-state index contributed by atoms with van der Waals surface area (Å²) in [7, 11) is 1.45. The van der Waals surface area contributed by atoms with Crippen LogP contribution in [0.25, 0.3) is 16.7 Å². The van der Waals surface area contributed by atoms with Gasteiger partial charge in [0.2, 0.25) is 0 Å². The van der Waals surface area contributed by atoms with Gasteiger partial charge in [-0.1, -0.05) is 24.3 Å². The third-order valence-corrected chi connectivity index (χ3v) is 4.69.